The Labute approximate surface area is 189 Å². The van der Waals surface area contributed by atoms with Gasteiger partial charge in [-0.1, -0.05) is 18.2 Å². The number of carbonyl (C=O) groups is 2. The normalized spacial score (nSPS) is 20.3. The zero-order valence-electron chi connectivity index (χ0n) is 17.9. The minimum absolute atomic E-state index is 0.0327. The number of likely N-dealkylation sites (tertiary alicyclic amines) is 2. The molecule has 2 fully saturated rings. The van der Waals surface area contributed by atoms with Gasteiger partial charge in [0.05, 0.1) is 0 Å². The van der Waals surface area contributed by atoms with Gasteiger partial charge < -0.3 is 24.0 Å². The molecule has 1 aromatic carbocycles. The van der Waals surface area contributed by atoms with E-state index in [1.54, 1.807) is 11.1 Å². The highest BCUT2D eigenvalue weighted by Gasteiger charge is 2.40. The number of nitrogens with zero attached hydrogens (tertiary/aromatic N) is 3. The van der Waals surface area contributed by atoms with Crippen LogP contribution in [0.15, 0.2) is 30.5 Å². The first-order valence-corrected chi connectivity index (χ1v) is 12.0. The summed E-state index contributed by atoms with van der Waals surface area (Å²) in [6.45, 7) is 1.84. The average molecular weight is 459 g/mol. The Kier molecular flexibility index (Phi) is 6.92. The molecule has 3 heterocycles. The molecule has 172 valence electrons. The van der Waals surface area contributed by atoms with E-state index in [-0.39, 0.29) is 11.8 Å². The van der Waals surface area contributed by atoms with E-state index in [2.05, 4.69) is 16.3 Å². The van der Waals surface area contributed by atoms with Crippen LogP contribution >= 0.6 is 0 Å². The standard InChI is InChI=1S/C22H28N5O4S/c1-32(30)31-25-18-8-12-27(21(18)28)19(22(29)26-10-3-2-4-11-26)14-15-5-6-17-16(13-15)7-9-24-20(17)23/h5-7,9,13,18-19,25H,1-4,8,10-12,14H2,(H2,23,24)/q-1. The summed E-state index contributed by atoms with van der Waals surface area (Å²) in [5.41, 5.74) is 9.44. The molecule has 2 amide bonds. The van der Waals surface area contributed by atoms with Gasteiger partial charge in [0.25, 0.3) is 0 Å². The number of fused-ring (bicyclic) bond motifs is 1. The Morgan fingerprint density at radius 1 is 1.28 bits per heavy atom. The molecule has 3 N–H and O–H groups in total. The molecule has 0 saturated carbocycles. The van der Waals surface area contributed by atoms with E-state index >= 15 is 0 Å². The first kappa shape index (κ1) is 22.5. The SMILES string of the molecule is C=[S-](=O)ONC1CCN(C(Cc2ccc3c(N)nccc3c2)C(=O)N2CCCCC2)C1=O. The molecule has 2 aliphatic rings. The van der Waals surface area contributed by atoms with E-state index < -0.39 is 22.8 Å². The fourth-order valence-electron chi connectivity index (χ4n) is 4.49. The van der Waals surface area contributed by atoms with Crippen LogP contribution in [0, 0.1) is 0 Å². The molecule has 2 saturated heterocycles. The van der Waals surface area contributed by atoms with Crippen LogP contribution in [0.1, 0.15) is 31.2 Å². The number of amides is 2. The highest BCUT2D eigenvalue weighted by atomic mass is 32.2. The Bertz CT molecular complexity index is 1080. The first-order chi connectivity index (χ1) is 15.4. The summed E-state index contributed by atoms with van der Waals surface area (Å²) in [7, 11) is -1.78. The summed E-state index contributed by atoms with van der Waals surface area (Å²) in [6, 6.07) is 6.45. The lowest BCUT2D eigenvalue weighted by atomic mass is 9.99. The van der Waals surface area contributed by atoms with Crippen molar-refractivity contribution >= 4 is 44.9 Å². The Balaban J connectivity index is 1.59. The first-order valence-electron chi connectivity index (χ1n) is 10.8. The van der Waals surface area contributed by atoms with Crippen molar-refractivity contribution in [3.8, 4) is 0 Å². The van der Waals surface area contributed by atoms with Crippen LogP contribution in [-0.2, 0) is 35.2 Å². The lowest BCUT2D eigenvalue weighted by Gasteiger charge is -2.34. The molecule has 4 rings (SSSR count). The molecule has 2 aliphatic heterocycles. The third-order valence-corrected chi connectivity index (χ3v) is 6.42. The van der Waals surface area contributed by atoms with Crippen molar-refractivity contribution in [3.63, 3.8) is 0 Å². The summed E-state index contributed by atoms with van der Waals surface area (Å²) < 4.78 is 16.0. The van der Waals surface area contributed by atoms with Gasteiger partial charge in [-0.05, 0) is 42.7 Å². The minimum Gasteiger partial charge on any atom is -0.435 e. The van der Waals surface area contributed by atoms with E-state index in [0.29, 0.717) is 38.3 Å². The van der Waals surface area contributed by atoms with Crippen LogP contribution in [0.5, 0.6) is 0 Å². The van der Waals surface area contributed by atoms with E-state index in [4.69, 9.17) is 10.0 Å². The Hall–Kier alpha value is -2.69. The fraction of sp³-hybridized carbons (Fsp3) is 0.455. The van der Waals surface area contributed by atoms with Crippen molar-refractivity contribution in [2.45, 2.75) is 44.2 Å². The molecule has 32 heavy (non-hydrogen) atoms. The van der Waals surface area contributed by atoms with Gasteiger partial charge in [-0.25, -0.2) is 10.5 Å². The third kappa shape index (κ3) is 4.87. The summed E-state index contributed by atoms with van der Waals surface area (Å²) in [5.74, 6) is 3.43. The second-order valence-corrected chi connectivity index (χ2v) is 9.01. The van der Waals surface area contributed by atoms with Crippen LogP contribution in [0.4, 0.5) is 5.82 Å². The number of hydroxylamine groups is 1. The molecule has 0 aliphatic carbocycles. The largest absolute Gasteiger partial charge is 0.435 e. The molecule has 9 nitrogen and oxygen atoms in total. The molecule has 2 atom stereocenters. The summed E-state index contributed by atoms with van der Waals surface area (Å²) in [4.78, 5) is 34.2. The van der Waals surface area contributed by atoms with Gasteiger partial charge in [0, 0.05) is 37.6 Å². The maximum absolute atomic E-state index is 13.5. The molecule has 0 bridgehead atoms. The Morgan fingerprint density at radius 2 is 2.06 bits per heavy atom. The smallest absolute Gasteiger partial charge is 0.245 e. The second kappa shape index (κ2) is 9.85. The van der Waals surface area contributed by atoms with Gasteiger partial charge in [0.2, 0.25) is 11.8 Å². The summed E-state index contributed by atoms with van der Waals surface area (Å²) in [6.07, 6.45) is 5.57. The summed E-state index contributed by atoms with van der Waals surface area (Å²) in [5, 5.41) is 1.80. The lowest BCUT2D eigenvalue weighted by molar-refractivity contribution is -0.145. The van der Waals surface area contributed by atoms with Crippen LogP contribution in [0.25, 0.3) is 10.8 Å². The second-order valence-electron chi connectivity index (χ2n) is 8.24. The number of piperidine rings is 1. The summed E-state index contributed by atoms with van der Waals surface area (Å²) >= 11 is 0. The molecule has 2 unspecified atom stereocenters. The average Bonchev–Trinajstić information content (AvgIpc) is 3.16. The predicted octanol–water partition coefficient (Wildman–Crippen LogP) is 1.17. The van der Waals surface area contributed by atoms with Crippen LogP contribution in [0.3, 0.4) is 0 Å². The molecule has 0 radical (unpaired) electrons. The maximum atomic E-state index is 13.5. The van der Waals surface area contributed by atoms with Gasteiger partial charge in [0.1, 0.15) is 17.9 Å². The Morgan fingerprint density at radius 3 is 2.81 bits per heavy atom. The van der Waals surface area contributed by atoms with E-state index in [1.807, 2.05) is 29.2 Å². The molecular weight excluding hydrogens is 430 g/mol. The van der Waals surface area contributed by atoms with Crippen LogP contribution in [-0.4, -0.2) is 64.2 Å². The van der Waals surface area contributed by atoms with Gasteiger partial charge in [0.15, 0.2) is 0 Å². The quantitative estimate of drug-likeness (QED) is 0.363. The van der Waals surface area contributed by atoms with Gasteiger partial charge in [-0.2, -0.15) is 5.87 Å². The number of hydrogen-bond donors (Lipinski definition) is 2. The number of aromatic nitrogens is 1. The number of benzene rings is 1. The van der Waals surface area contributed by atoms with E-state index in [0.717, 1.165) is 35.6 Å². The number of nitrogens with two attached hydrogens (primary N) is 1. The maximum Gasteiger partial charge on any atom is 0.245 e. The minimum atomic E-state index is -1.78. The highest BCUT2D eigenvalue weighted by molar-refractivity contribution is 7.77. The molecular formula is C22H28N5O4S-. The van der Waals surface area contributed by atoms with Crippen molar-refractivity contribution in [2.24, 2.45) is 0 Å². The highest BCUT2D eigenvalue weighted by Crippen LogP contribution is 2.25. The van der Waals surface area contributed by atoms with Gasteiger partial charge in [-0.15, -0.1) is 10.7 Å². The van der Waals surface area contributed by atoms with Gasteiger partial charge in [-0.3, -0.25) is 9.59 Å². The van der Waals surface area contributed by atoms with E-state index in [1.165, 1.54) is 0 Å². The number of pyridine rings is 1. The number of carbonyl (C=O) groups excluding carboxylic acids is 2. The topological polar surface area (TPSA) is 118 Å². The fourth-order valence-corrected chi connectivity index (χ4v) is 4.71. The third-order valence-electron chi connectivity index (χ3n) is 6.14. The van der Waals surface area contributed by atoms with Crippen LogP contribution in [0.2, 0.25) is 0 Å². The number of nitrogen functional groups attached to an aromatic ring is 1. The lowest BCUT2D eigenvalue weighted by Crippen LogP contribution is -2.53. The van der Waals surface area contributed by atoms with Crippen molar-refractivity contribution in [1.82, 2.24) is 20.3 Å². The predicted molar refractivity (Wildman–Crippen MR) is 124 cm³/mol. The molecule has 2 aromatic rings. The van der Waals surface area contributed by atoms with Crippen molar-refractivity contribution in [2.75, 3.05) is 25.4 Å². The number of rotatable bonds is 7. The van der Waals surface area contributed by atoms with Crippen LogP contribution < -0.4 is 11.2 Å². The van der Waals surface area contributed by atoms with Gasteiger partial charge >= 0.3 is 0 Å². The number of hydrogen-bond acceptors (Lipinski definition) is 8. The number of anilines is 1. The molecule has 1 aromatic heterocycles. The van der Waals surface area contributed by atoms with Crippen molar-refractivity contribution < 1.29 is 18.1 Å². The van der Waals surface area contributed by atoms with E-state index in [9.17, 15) is 13.8 Å². The molecule has 10 heteroatoms. The zero-order valence-corrected chi connectivity index (χ0v) is 18.7. The van der Waals surface area contributed by atoms with Crippen molar-refractivity contribution in [1.29, 1.82) is 0 Å². The molecule has 0 spiro atoms. The monoisotopic (exact) mass is 458 g/mol. The zero-order chi connectivity index (χ0) is 22.7. The van der Waals surface area contributed by atoms with Crippen molar-refractivity contribution in [3.05, 3.63) is 36.0 Å². The number of nitrogens with one attached hydrogen (secondary N) is 1.